The first-order chi connectivity index (χ1) is 19.9. The summed E-state index contributed by atoms with van der Waals surface area (Å²) in [5.41, 5.74) is 1.61. The molecule has 10 nitrogen and oxygen atoms in total. The number of tetrazole rings is 1. The van der Waals surface area contributed by atoms with Crippen LogP contribution in [0.4, 0.5) is 10.1 Å². The second kappa shape index (κ2) is 11.3. The van der Waals surface area contributed by atoms with Crippen LogP contribution in [0.2, 0.25) is 0 Å². The third-order valence-corrected chi connectivity index (χ3v) is 7.21. The van der Waals surface area contributed by atoms with Gasteiger partial charge in [-0.05, 0) is 66.9 Å². The third kappa shape index (κ3) is 5.69. The van der Waals surface area contributed by atoms with Crippen molar-refractivity contribution < 1.29 is 18.4 Å². The quantitative estimate of drug-likeness (QED) is 0.294. The second-order valence-corrected chi connectivity index (χ2v) is 10.1. The Labute approximate surface area is 235 Å². The molecule has 11 heteroatoms. The van der Waals surface area contributed by atoms with Crippen LogP contribution in [-0.4, -0.2) is 43.0 Å². The molecule has 1 atom stereocenters. The van der Waals surface area contributed by atoms with Crippen LogP contribution < -0.4 is 10.2 Å². The van der Waals surface area contributed by atoms with E-state index in [9.17, 15) is 14.0 Å². The highest BCUT2D eigenvalue weighted by Crippen LogP contribution is 2.31. The average Bonchev–Trinajstić information content (AvgIpc) is 3.75. The summed E-state index contributed by atoms with van der Waals surface area (Å²) in [5.74, 6) is 0.0796. The standard InChI is InChI=1S/C30H28FN7O3/c1-19-10-15-26(41-19)29-34-36-37(35-29)18-27(39)38(24-16-21-6-2-5-9-25(21)32-17-24)28(20-11-13-22(31)14-12-20)30(40)33-23-7-3-4-8-23/h2,5-6,9-17,23,28H,3-4,7-8,18H2,1H3,(H,33,40)/t28-/m0/s1. The molecule has 1 fully saturated rings. The number of carbonyl (C=O) groups excluding carboxylic acids is 2. The van der Waals surface area contributed by atoms with E-state index in [1.54, 1.807) is 25.3 Å². The highest BCUT2D eigenvalue weighted by Gasteiger charge is 2.35. The molecular formula is C30H28FN7O3. The van der Waals surface area contributed by atoms with E-state index in [4.69, 9.17) is 4.42 Å². The predicted molar refractivity (Wildman–Crippen MR) is 149 cm³/mol. The lowest BCUT2D eigenvalue weighted by atomic mass is 10.0. The smallest absolute Gasteiger partial charge is 0.251 e. The zero-order valence-electron chi connectivity index (χ0n) is 22.4. The molecule has 2 amide bonds. The second-order valence-electron chi connectivity index (χ2n) is 10.1. The van der Waals surface area contributed by atoms with Crippen molar-refractivity contribution in [3.05, 3.63) is 90.1 Å². The largest absolute Gasteiger partial charge is 0.458 e. The van der Waals surface area contributed by atoms with Gasteiger partial charge in [0.25, 0.3) is 5.91 Å². The fourth-order valence-electron chi connectivity index (χ4n) is 5.20. The Morgan fingerprint density at radius 3 is 2.63 bits per heavy atom. The molecule has 1 aliphatic rings. The number of hydrogen-bond acceptors (Lipinski definition) is 7. The minimum atomic E-state index is -1.10. The molecule has 3 heterocycles. The summed E-state index contributed by atoms with van der Waals surface area (Å²) in [6, 6.07) is 17.3. The van der Waals surface area contributed by atoms with Crippen LogP contribution >= 0.6 is 0 Å². The number of rotatable bonds is 8. The van der Waals surface area contributed by atoms with Crippen LogP contribution in [0.1, 0.15) is 43.0 Å². The van der Waals surface area contributed by atoms with Crippen molar-refractivity contribution in [2.75, 3.05) is 4.90 Å². The lowest BCUT2D eigenvalue weighted by Gasteiger charge is -2.32. The van der Waals surface area contributed by atoms with Gasteiger partial charge in [-0.3, -0.25) is 19.5 Å². The number of anilines is 1. The Kier molecular flexibility index (Phi) is 7.24. The maximum atomic E-state index is 14.1. The highest BCUT2D eigenvalue weighted by atomic mass is 19.1. The molecule has 0 bridgehead atoms. The number of amides is 2. The molecule has 0 aliphatic heterocycles. The first kappa shape index (κ1) is 26.3. The summed E-state index contributed by atoms with van der Waals surface area (Å²) >= 11 is 0. The first-order valence-corrected chi connectivity index (χ1v) is 13.5. The van der Waals surface area contributed by atoms with Crippen molar-refractivity contribution in [1.82, 2.24) is 30.5 Å². The number of nitrogens with zero attached hydrogens (tertiary/aromatic N) is 6. The van der Waals surface area contributed by atoms with Gasteiger partial charge < -0.3 is 9.73 Å². The number of fused-ring (bicyclic) bond motifs is 1. The molecule has 1 N–H and O–H groups in total. The van der Waals surface area contributed by atoms with E-state index in [1.165, 1.54) is 29.2 Å². The Morgan fingerprint density at radius 2 is 1.88 bits per heavy atom. The first-order valence-electron chi connectivity index (χ1n) is 13.5. The van der Waals surface area contributed by atoms with E-state index in [-0.39, 0.29) is 24.3 Å². The normalized spacial score (nSPS) is 14.3. The summed E-state index contributed by atoms with van der Waals surface area (Å²) < 4.78 is 19.5. The van der Waals surface area contributed by atoms with E-state index in [2.05, 4.69) is 25.7 Å². The number of hydrogen-bond donors (Lipinski definition) is 1. The zero-order valence-corrected chi connectivity index (χ0v) is 22.4. The average molecular weight is 554 g/mol. The number of halogens is 1. The number of aromatic nitrogens is 5. The zero-order chi connectivity index (χ0) is 28.3. The van der Waals surface area contributed by atoms with Crippen LogP contribution in [0.15, 0.2) is 77.3 Å². The van der Waals surface area contributed by atoms with E-state index in [0.29, 0.717) is 22.8 Å². The van der Waals surface area contributed by atoms with E-state index < -0.39 is 17.8 Å². The molecule has 2 aromatic carbocycles. The molecular weight excluding hydrogens is 525 g/mol. The van der Waals surface area contributed by atoms with Crippen LogP contribution in [0.3, 0.4) is 0 Å². The Bertz CT molecular complexity index is 1690. The van der Waals surface area contributed by atoms with Gasteiger partial charge >= 0.3 is 0 Å². The summed E-state index contributed by atoms with van der Waals surface area (Å²) in [4.78, 5) is 35.1. The van der Waals surface area contributed by atoms with Gasteiger partial charge in [0.2, 0.25) is 11.7 Å². The molecule has 208 valence electrons. The molecule has 41 heavy (non-hydrogen) atoms. The number of furan rings is 1. The highest BCUT2D eigenvalue weighted by molar-refractivity contribution is 6.02. The maximum absolute atomic E-state index is 14.1. The van der Waals surface area contributed by atoms with Gasteiger partial charge in [-0.25, -0.2) is 4.39 Å². The monoisotopic (exact) mass is 553 g/mol. The third-order valence-electron chi connectivity index (χ3n) is 7.21. The van der Waals surface area contributed by atoms with Crippen molar-refractivity contribution in [3.63, 3.8) is 0 Å². The number of carbonyl (C=O) groups is 2. The van der Waals surface area contributed by atoms with Crippen LogP contribution in [0, 0.1) is 12.7 Å². The minimum Gasteiger partial charge on any atom is -0.458 e. The molecule has 0 spiro atoms. The summed E-state index contributed by atoms with van der Waals surface area (Å²) in [6.07, 6.45) is 5.35. The molecule has 3 aromatic heterocycles. The van der Waals surface area contributed by atoms with E-state index >= 15 is 0 Å². The summed E-state index contributed by atoms with van der Waals surface area (Å²) in [5, 5.41) is 16.3. The maximum Gasteiger partial charge on any atom is 0.251 e. The van der Waals surface area contributed by atoms with Gasteiger partial charge in [-0.15, -0.1) is 10.2 Å². The van der Waals surface area contributed by atoms with Gasteiger partial charge in [0, 0.05) is 11.4 Å². The molecule has 0 radical (unpaired) electrons. The predicted octanol–water partition coefficient (Wildman–Crippen LogP) is 4.76. The van der Waals surface area contributed by atoms with Crippen molar-refractivity contribution >= 4 is 28.4 Å². The Morgan fingerprint density at radius 1 is 1.10 bits per heavy atom. The van der Waals surface area contributed by atoms with Gasteiger partial charge in [0.05, 0.1) is 17.4 Å². The SMILES string of the molecule is Cc1ccc(-c2nnn(CC(=O)N(c3cnc4ccccc4c3)[C@H](C(=O)NC3CCCC3)c3ccc(F)cc3)n2)o1. The molecule has 6 rings (SSSR count). The number of pyridine rings is 1. The fourth-order valence-corrected chi connectivity index (χ4v) is 5.20. The molecule has 0 unspecified atom stereocenters. The van der Waals surface area contributed by atoms with Crippen molar-refractivity contribution in [2.45, 2.75) is 51.2 Å². The number of para-hydroxylation sites is 1. The number of aryl methyl sites for hydroxylation is 1. The van der Waals surface area contributed by atoms with Crippen molar-refractivity contribution in [3.8, 4) is 11.6 Å². The lowest BCUT2D eigenvalue weighted by molar-refractivity contribution is -0.127. The molecule has 1 saturated carbocycles. The topological polar surface area (TPSA) is 119 Å². The minimum absolute atomic E-state index is 0.00780. The van der Waals surface area contributed by atoms with Crippen molar-refractivity contribution in [1.29, 1.82) is 0 Å². The fraction of sp³-hybridized carbons (Fsp3) is 0.267. The lowest BCUT2D eigenvalue weighted by Crippen LogP contribution is -2.47. The number of benzene rings is 2. The molecule has 0 saturated heterocycles. The van der Waals surface area contributed by atoms with Crippen LogP contribution in [0.25, 0.3) is 22.5 Å². The molecule has 1 aliphatic carbocycles. The van der Waals surface area contributed by atoms with Crippen LogP contribution in [-0.2, 0) is 16.1 Å². The van der Waals surface area contributed by atoms with Crippen LogP contribution in [0.5, 0.6) is 0 Å². The van der Waals surface area contributed by atoms with Gasteiger partial charge in [0.15, 0.2) is 5.76 Å². The summed E-state index contributed by atoms with van der Waals surface area (Å²) in [6.45, 7) is 1.49. The summed E-state index contributed by atoms with van der Waals surface area (Å²) in [7, 11) is 0. The van der Waals surface area contributed by atoms with Crippen molar-refractivity contribution in [2.24, 2.45) is 0 Å². The Hall–Kier alpha value is -4.93. The van der Waals surface area contributed by atoms with Gasteiger partial charge in [-0.1, -0.05) is 43.2 Å². The van der Waals surface area contributed by atoms with E-state index in [1.807, 2.05) is 30.3 Å². The Balaban J connectivity index is 1.40. The van der Waals surface area contributed by atoms with Gasteiger partial charge in [0.1, 0.15) is 24.2 Å². The van der Waals surface area contributed by atoms with Gasteiger partial charge in [-0.2, -0.15) is 4.80 Å². The molecule has 5 aromatic rings. The number of nitrogens with one attached hydrogen (secondary N) is 1. The van der Waals surface area contributed by atoms with E-state index in [0.717, 1.165) is 41.4 Å².